The van der Waals surface area contributed by atoms with Crippen molar-refractivity contribution in [2.45, 2.75) is 6.92 Å². The molecule has 1 aromatic heterocycles. The second-order valence-electron chi connectivity index (χ2n) is 3.51. The average Bonchev–Trinajstić information content (AvgIpc) is 2.20. The van der Waals surface area contributed by atoms with E-state index in [1.807, 2.05) is 31.2 Å². The Morgan fingerprint density at radius 1 is 1.31 bits per heavy atom. The zero-order chi connectivity index (χ0) is 11.5. The number of aromatic nitrogens is 2. The Hall–Kier alpha value is -1.88. The summed E-state index contributed by atoms with van der Waals surface area (Å²) in [4.78, 5) is 6.79. The van der Waals surface area contributed by atoms with Gasteiger partial charge in [0.2, 0.25) is 0 Å². The molecule has 1 aromatic carbocycles. The number of nitrogens with one attached hydrogen (secondary N) is 2. The molecule has 0 amide bonds. The van der Waals surface area contributed by atoms with Crippen molar-refractivity contribution >= 4 is 29.7 Å². The van der Waals surface area contributed by atoms with Crippen molar-refractivity contribution in [1.29, 1.82) is 0 Å². The van der Waals surface area contributed by atoms with Gasteiger partial charge >= 0.3 is 0 Å². The Balaban J connectivity index is 2.26. The molecule has 16 heavy (non-hydrogen) atoms. The van der Waals surface area contributed by atoms with Crippen LogP contribution < -0.4 is 11.1 Å². The summed E-state index contributed by atoms with van der Waals surface area (Å²) in [5, 5.41) is 3.17. The summed E-state index contributed by atoms with van der Waals surface area (Å²) in [6.07, 6.45) is 0. The minimum Gasteiger partial charge on any atom is -0.369 e. The molecule has 0 saturated heterocycles. The number of aryl methyl sites for hydroxylation is 1. The van der Waals surface area contributed by atoms with Gasteiger partial charge in [0.15, 0.2) is 5.95 Å². The highest BCUT2D eigenvalue weighted by atomic mass is 32.1. The Morgan fingerprint density at radius 3 is 2.62 bits per heavy atom. The topological polar surface area (TPSA) is 66.7 Å². The van der Waals surface area contributed by atoms with Crippen LogP contribution in [0.2, 0.25) is 0 Å². The Kier molecular flexibility index (Phi) is 2.87. The standard InChI is InChI=1S/C11H12N4S/c1-7-2-4-8(5-3-7)13-9-6-10(16)15-11(12)14-9/h2-6H,1H3,(H4,12,13,14,15,16). The second kappa shape index (κ2) is 4.32. The van der Waals surface area contributed by atoms with Crippen LogP contribution in [0, 0.1) is 11.6 Å². The van der Waals surface area contributed by atoms with Gasteiger partial charge in [0.25, 0.3) is 0 Å². The zero-order valence-corrected chi connectivity index (χ0v) is 9.64. The van der Waals surface area contributed by atoms with Gasteiger partial charge in [0, 0.05) is 11.8 Å². The van der Waals surface area contributed by atoms with E-state index in [1.165, 1.54) is 5.56 Å². The van der Waals surface area contributed by atoms with E-state index >= 15 is 0 Å². The molecule has 2 rings (SSSR count). The van der Waals surface area contributed by atoms with Gasteiger partial charge < -0.3 is 16.0 Å². The summed E-state index contributed by atoms with van der Waals surface area (Å²) in [5.41, 5.74) is 7.75. The predicted molar refractivity (Wildman–Crippen MR) is 68.3 cm³/mol. The average molecular weight is 232 g/mol. The number of hydrogen-bond acceptors (Lipinski definition) is 4. The highest BCUT2D eigenvalue weighted by molar-refractivity contribution is 7.71. The molecule has 82 valence electrons. The van der Waals surface area contributed by atoms with Crippen molar-refractivity contribution in [3.8, 4) is 0 Å². The molecule has 2 aromatic rings. The molecule has 0 radical (unpaired) electrons. The first-order chi connectivity index (χ1) is 7.63. The van der Waals surface area contributed by atoms with Gasteiger partial charge in [-0.25, -0.2) is 4.98 Å². The van der Waals surface area contributed by atoms with Gasteiger partial charge in [-0.3, -0.25) is 0 Å². The lowest BCUT2D eigenvalue weighted by Gasteiger charge is -2.07. The number of anilines is 3. The normalized spacial score (nSPS) is 10.1. The first-order valence-corrected chi connectivity index (χ1v) is 5.25. The number of nitrogens with two attached hydrogens (primary N) is 1. The van der Waals surface area contributed by atoms with Gasteiger partial charge in [-0.2, -0.15) is 0 Å². The largest absolute Gasteiger partial charge is 0.369 e. The van der Waals surface area contributed by atoms with Crippen LogP contribution in [0.5, 0.6) is 0 Å². The van der Waals surface area contributed by atoms with Crippen LogP contribution in [0.25, 0.3) is 0 Å². The molecule has 0 saturated carbocycles. The van der Waals surface area contributed by atoms with E-state index in [4.69, 9.17) is 18.0 Å². The van der Waals surface area contributed by atoms with Crippen LogP contribution in [0.4, 0.5) is 17.5 Å². The summed E-state index contributed by atoms with van der Waals surface area (Å²) in [6, 6.07) is 9.76. The third kappa shape index (κ3) is 2.58. The first kappa shape index (κ1) is 10.6. The third-order valence-electron chi connectivity index (χ3n) is 2.09. The van der Waals surface area contributed by atoms with Crippen LogP contribution in [0.3, 0.4) is 0 Å². The number of H-pyrrole nitrogens is 1. The molecule has 0 aliphatic rings. The van der Waals surface area contributed by atoms with Gasteiger partial charge in [-0.15, -0.1) is 0 Å². The number of nitrogens with zero attached hydrogens (tertiary/aromatic N) is 1. The molecule has 0 unspecified atom stereocenters. The SMILES string of the molecule is Cc1ccc(Nc2cc(=S)nc(N)[nH]2)cc1. The van der Waals surface area contributed by atoms with Gasteiger partial charge in [0.1, 0.15) is 10.5 Å². The van der Waals surface area contributed by atoms with Crippen molar-refractivity contribution in [2.24, 2.45) is 0 Å². The summed E-state index contributed by atoms with van der Waals surface area (Å²) >= 11 is 4.97. The molecule has 0 spiro atoms. The fourth-order valence-electron chi connectivity index (χ4n) is 1.34. The van der Waals surface area contributed by atoms with E-state index in [0.29, 0.717) is 10.6 Å². The molecular weight excluding hydrogens is 220 g/mol. The van der Waals surface area contributed by atoms with Crippen molar-refractivity contribution in [1.82, 2.24) is 9.97 Å². The number of hydrogen-bond donors (Lipinski definition) is 3. The number of aromatic amines is 1. The number of benzene rings is 1. The van der Waals surface area contributed by atoms with Crippen molar-refractivity contribution < 1.29 is 0 Å². The van der Waals surface area contributed by atoms with E-state index in [0.717, 1.165) is 11.5 Å². The van der Waals surface area contributed by atoms with E-state index < -0.39 is 0 Å². The quantitative estimate of drug-likeness (QED) is 0.696. The molecule has 1 heterocycles. The second-order valence-corrected chi connectivity index (χ2v) is 3.93. The van der Waals surface area contributed by atoms with Crippen molar-refractivity contribution in [3.05, 3.63) is 40.5 Å². The third-order valence-corrected chi connectivity index (χ3v) is 2.30. The molecular formula is C11H12N4S. The van der Waals surface area contributed by atoms with Crippen molar-refractivity contribution in [3.63, 3.8) is 0 Å². The Labute approximate surface area is 98.5 Å². The number of nitrogen functional groups attached to an aromatic ring is 1. The smallest absolute Gasteiger partial charge is 0.200 e. The van der Waals surface area contributed by atoms with Gasteiger partial charge in [0.05, 0.1) is 0 Å². The molecule has 0 bridgehead atoms. The molecule has 0 fully saturated rings. The lowest BCUT2D eigenvalue weighted by atomic mass is 10.2. The van der Waals surface area contributed by atoms with E-state index in [9.17, 15) is 0 Å². The van der Waals surface area contributed by atoms with Crippen molar-refractivity contribution in [2.75, 3.05) is 11.1 Å². The summed E-state index contributed by atoms with van der Waals surface area (Å²) < 4.78 is 0.464. The fourth-order valence-corrected chi connectivity index (χ4v) is 1.55. The highest BCUT2D eigenvalue weighted by Gasteiger charge is 1.96. The molecule has 4 nitrogen and oxygen atoms in total. The maximum Gasteiger partial charge on any atom is 0.200 e. The lowest BCUT2D eigenvalue weighted by molar-refractivity contribution is 1.17. The van der Waals surface area contributed by atoms with Gasteiger partial charge in [-0.05, 0) is 19.1 Å². The molecule has 4 N–H and O–H groups in total. The minimum absolute atomic E-state index is 0.308. The van der Waals surface area contributed by atoms with Crippen LogP contribution in [-0.2, 0) is 0 Å². The first-order valence-electron chi connectivity index (χ1n) is 4.84. The zero-order valence-electron chi connectivity index (χ0n) is 8.82. The number of rotatable bonds is 2. The molecule has 0 aliphatic carbocycles. The predicted octanol–water partition coefficient (Wildman–Crippen LogP) is 2.77. The Bertz CT molecular complexity index is 545. The maximum absolute atomic E-state index is 5.56. The molecule has 0 aliphatic heterocycles. The van der Waals surface area contributed by atoms with E-state index in [2.05, 4.69) is 15.3 Å². The summed E-state index contributed by atoms with van der Waals surface area (Å²) in [6.45, 7) is 2.04. The van der Waals surface area contributed by atoms with Gasteiger partial charge in [-0.1, -0.05) is 29.9 Å². The van der Waals surface area contributed by atoms with Crippen LogP contribution in [-0.4, -0.2) is 9.97 Å². The highest BCUT2D eigenvalue weighted by Crippen LogP contribution is 2.15. The minimum atomic E-state index is 0.308. The Morgan fingerprint density at radius 2 is 2.00 bits per heavy atom. The van der Waals surface area contributed by atoms with E-state index in [1.54, 1.807) is 6.07 Å². The summed E-state index contributed by atoms with van der Waals surface area (Å²) in [5.74, 6) is 1.04. The molecule has 5 heteroatoms. The lowest BCUT2D eigenvalue weighted by Crippen LogP contribution is -1.99. The van der Waals surface area contributed by atoms with E-state index in [-0.39, 0.29) is 0 Å². The van der Waals surface area contributed by atoms with Crippen LogP contribution in [0.15, 0.2) is 30.3 Å². The van der Waals surface area contributed by atoms with Crippen LogP contribution >= 0.6 is 12.2 Å². The van der Waals surface area contributed by atoms with Crippen LogP contribution in [0.1, 0.15) is 5.56 Å². The summed E-state index contributed by atoms with van der Waals surface area (Å²) in [7, 11) is 0. The fraction of sp³-hybridized carbons (Fsp3) is 0.0909. The molecule has 0 atom stereocenters. The maximum atomic E-state index is 5.56. The monoisotopic (exact) mass is 232 g/mol.